The second-order valence-corrected chi connectivity index (χ2v) is 9.53. The van der Waals surface area contributed by atoms with E-state index >= 15 is 0 Å². The van der Waals surface area contributed by atoms with Gasteiger partial charge in [0, 0.05) is 49.6 Å². The Kier molecular flexibility index (Phi) is 6.70. The van der Waals surface area contributed by atoms with Gasteiger partial charge in [-0.25, -0.2) is 15.0 Å². The van der Waals surface area contributed by atoms with Crippen LogP contribution in [-0.4, -0.2) is 61.7 Å². The van der Waals surface area contributed by atoms with Gasteiger partial charge in [-0.15, -0.1) is 0 Å². The van der Waals surface area contributed by atoms with Crippen LogP contribution in [0.4, 0.5) is 23.3 Å². The number of halogens is 1. The Morgan fingerprint density at radius 3 is 2.49 bits per heavy atom. The van der Waals surface area contributed by atoms with Crippen LogP contribution in [0.1, 0.15) is 11.3 Å². The molecule has 13 heteroatoms. The molecule has 0 radical (unpaired) electrons. The molecule has 1 aromatic carbocycles. The number of nitrogens with one attached hydrogen (secondary N) is 1. The number of aromatic nitrogens is 5. The first kappa shape index (κ1) is 24.6. The summed E-state index contributed by atoms with van der Waals surface area (Å²) in [5.74, 6) is 1.00. The average molecular weight is 566 g/mol. The van der Waals surface area contributed by atoms with E-state index in [4.69, 9.17) is 4.98 Å². The molecule has 0 spiro atoms. The Bertz CT molecular complexity index is 1480. The molecule has 37 heavy (non-hydrogen) atoms. The van der Waals surface area contributed by atoms with Gasteiger partial charge in [0.1, 0.15) is 16.8 Å². The van der Waals surface area contributed by atoms with Gasteiger partial charge in [-0.05, 0) is 70.6 Å². The number of aryl methyl sites for hydroxylation is 1. The zero-order valence-electron chi connectivity index (χ0n) is 20.3. The molecule has 1 N–H and O–H groups in total. The number of hydrogen-bond acceptors (Lipinski definition) is 9. The number of hydrogen-bond donors (Lipinski definition) is 1. The highest BCUT2D eigenvalue weighted by molar-refractivity contribution is 9.10. The van der Waals surface area contributed by atoms with Gasteiger partial charge in [0.25, 0.3) is 0 Å². The highest BCUT2D eigenvalue weighted by atomic mass is 79.9. The zero-order valence-corrected chi connectivity index (χ0v) is 21.8. The summed E-state index contributed by atoms with van der Waals surface area (Å²) in [6, 6.07) is 9.45. The van der Waals surface area contributed by atoms with Crippen LogP contribution >= 0.6 is 15.9 Å². The van der Waals surface area contributed by atoms with Crippen molar-refractivity contribution in [3.05, 3.63) is 68.6 Å². The highest BCUT2D eigenvalue weighted by Gasteiger charge is 2.25. The van der Waals surface area contributed by atoms with E-state index in [9.17, 15) is 14.9 Å². The van der Waals surface area contributed by atoms with Crippen LogP contribution in [0.5, 0.6) is 0 Å². The monoisotopic (exact) mass is 565 g/mol. The fraction of sp³-hybridized carbons (Fsp3) is 0.292. The van der Waals surface area contributed by atoms with E-state index in [1.54, 1.807) is 25.4 Å². The molecule has 5 rings (SSSR count). The van der Waals surface area contributed by atoms with Gasteiger partial charge in [-0.3, -0.25) is 4.79 Å². The van der Waals surface area contributed by atoms with Crippen LogP contribution in [-0.2, 0) is 11.3 Å². The van der Waals surface area contributed by atoms with Crippen molar-refractivity contribution in [3.63, 3.8) is 0 Å². The van der Waals surface area contributed by atoms with Gasteiger partial charge in [0.15, 0.2) is 0 Å². The summed E-state index contributed by atoms with van der Waals surface area (Å²) < 4.78 is 1.57. The van der Waals surface area contributed by atoms with Crippen LogP contribution in [0, 0.1) is 24.0 Å². The lowest BCUT2D eigenvalue weighted by molar-refractivity contribution is -0.390. The van der Waals surface area contributed by atoms with E-state index in [-0.39, 0.29) is 22.7 Å². The fourth-order valence-electron chi connectivity index (χ4n) is 4.32. The molecule has 1 aliphatic rings. The van der Waals surface area contributed by atoms with Crippen molar-refractivity contribution < 1.29 is 9.72 Å². The van der Waals surface area contributed by atoms with E-state index in [0.717, 1.165) is 54.4 Å². The molecule has 1 saturated heterocycles. The quantitative estimate of drug-likeness (QED) is 0.275. The van der Waals surface area contributed by atoms with E-state index in [2.05, 4.69) is 52.2 Å². The van der Waals surface area contributed by atoms with Crippen molar-refractivity contribution in [1.29, 1.82) is 0 Å². The minimum atomic E-state index is -0.587. The fourth-order valence-corrected chi connectivity index (χ4v) is 4.75. The smallest absolute Gasteiger partial charge is 0.358 e. The number of carbonyl (C=O) groups is 1. The minimum Gasteiger partial charge on any atom is -0.358 e. The Morgan fingerprint density at radius 2 is 1.81 bits per heavy atom. The summed E-state index contributed by atoms with van der Waals surface area (Å²) >= 11 is 3.17. The third-order valence-corrected chi connectivity index (χ3v) is 7.24. The van der Waals surface area contributed by atoms with Crippen LogP contribution in [0.3, 0.4) is 0 Å². The van der Waals surface area contributed by atoms with Gasteiger partial charge in [0.05, 0.1) is 16.3 Å². The third-order valence-electron chi connectivity index (χ3n) is 6.31. The molecule has 190 valence electrons. The molecule has 3 aromatic heterocycles. The lowest BCUT2D eigenvalue weighted by atomic mass is 10.1. The second kappa shape index (κ2) is 10.1. The molecular weight excluding hydrogens is 542 g/mol. The summed E-state index contributed by atoms with van der Waals surface area (Å²) in [7, 11) is 0. The molecule has 0 aliphatic carbocycles. The maximum Gasteiger partial charge on any atom is 0.404 e. The number of nitro groups is 1. The molecule has 4 heterocycles. The first-order valence-corrected chi connectivity index (χ1v) is 12.4. The van der Waals surface area contributed by atoms with Crippen molar-refractivity contribution in [3.8, 4) is 0 Å². The van der Waals surface area contributed by atoms with E-state index in [1.807, 2.05) is 25.1 Å². The van der Waals surface area contributed by atoms with Gasteiger partial charge >= 0.3 is 5.82 Å². The number of rotatable bonds is 6. The van der Waals surface area contributed by atoms with E-state index in [1.165, 1.54) is 4.68 Å². The Hall–Kier alpha value is -4.13. The SMILES string of the molecule is Cc1cc(N2CCN(c3ncccn3)CC2)nc2ccc(NC(=O)Cn3nc([N+](=O)[O-])c(Br)c3C)cc12. The van der Waals surface area contributed by atoms with Crippen molar-refractivity contribution >= 4 is 56.0 Å². The topological polar surface area (TPSA) is 135 Å². The first-order chi connectivity index (χ1) is 17.8. The maximum atomic E-state index is 12.6. The summed E-state index contributed by atoms with van der Waals surface area (Å²) in [6.45, 7) is 6.78. The highest BCUT2D eigenvalue weighted by Crippen LogP contribution is 2.28. The van der Waals surface area contributed by atoms with Crippen LogP contribution in [0.15, 0.2) is 47.2 Å². The summed E-state index contributed by atoms with van der Waals surface area (Å²) in [5.41, 5.74) is 3.01. The first-order valence-electron chi connectivity index (χ1n) is 11.7. The summed E-state index contributed by atoms with van der Waals surface area (Å²) in [4.78, 5) is 41.1. The van der Waals surface area contributed by atoms with Crippen LogP contribution in [0.2, 0.25) is 0 Å². The molecule has 0 bridgehead atoms. The van der Waals surface area contributed by atoms with Crippen molar-refractivity contribution in [2.24, 2.45) is 0 Å². The number of anilines is 3. The van der Waals surface area contributed by atoms with Crippen molar-refractivity contribution in [2.45, 2.75) is 20.4 Å². The van der Waals surface area contributed by atoms with Crippen molar-refractivity contribution in [2.75, 3.05) is 41.3 Å². The lowest BCUT2D eigenvalue weighted by Gasteiger charge is -2.35. The standard InChI is InChI=1S/C24H24BrN9O3/c1-15-12-20(31-8-10-32(11-9-31)24-26-6-3-7-27-24)29-19-5-4-17(13-18(15)19)28-21(35)14-33-16(2)22(25)23(30-33)34(36)37/h3-7,12-13H,8-11,14H2,1-2H3,(H,28,35). The number of nitrogens with zero attached hydrogens (tertiary/aromatic N) is 8. The summed E-state index contributed by atoms with van der Waals surface area (Å²) in [5, 5.41) is 18.8. The number of amides is 1. The normalized spacial score (nSPS) is 13.7. The van der Waals surface area contributed by atoms with E-state index < -0.39 is 4.92 Å². The molecule has 1 fully saturated rings. The Balaban J connectivity index is 1.28. The van der Waals surface area contributed by atoms with Crippen LogP contribution < -0.4 is 15.1 Å². The molecule has 0 unspecified atom stereocenters. The Morgan fingerprint density at radius 1 is 1.11 bits per heavy atom. The average Bonchev–Trinajstić information content (AvgIpc) is 3.18. The minimum absolute atomic E-state index is 0.146. The predicted molar refractivity (Wildman–Crippen MR) is 143 cm³/mol. The van der Waals surface area contributed by atoms with Gasteiger partial charge in [-0.2, -0.15) is 4.68 Å². The van der Waals surface area contributed by atoms with E-state index in [0.29, 0.717) is 11.4 Å². The predicted octanol–water partition coefficient (Wildman–Crippen LogP) is 3.47. The molecule has 1 amide bonds. The lowest BCUT2D eigenvalue weighted by Crippen LogP contribution is -2.47. The molecule has 12 nitrogen and oxygen atoms in total. The van der Waals surface area contributed by atoms with Crippen LogP contribution in [0.25, 0.3) is 10.9 Å². The number of carbonyl (C=O) groups excluding carboxylic acids is 1. The Labute approximate surface area is 220 Å². The molecule has 0 atom stereocenters. The third kappa shape index (κ3) is 5.07. The number of benzene rings is 1. The zero-order chi connectivity index (χ0) is 26.1. The number of piperazine rings is 1. The van der Waals surface area contributed by atoms with Gasteiger partial charge < -0.3 is 25.2 Å². The number of fused-ring (bicyclic) bond motifs is 1. The second-order valence-electron chi connectivity index (χ2n) is 8.74. The molecular formula is C24H24BrN9O3. The maximum absolute atomic E-state index is 12.6. The van der Waals surface area contributed by atoms with Gasteiger partial charge in [-0.1, -0.05) is 0 Å². The largest absolute Gasteiger partial charge is 0.404 e. The summed E-state index contributed by atoms with van der Waals surface area (Å²) in [6.07, 6.45) is 3.51. The molecule has 0 saturated carbocycles. The van der Waals surface area contributed by atoms with Crippen molar-refractivity contribution in [1.82, 2.24) is 24.7 Å². The van der Waals surface area contributed by atoms with Gasteiger partial charge in [0.2, 0.25) is 11.9 Å². The molecule has 1 aliphatic heterocycles. The molecule has 4 aromatic rings. The number of pyridine rings is 1.